The molecule has 18 heavy (non-hydrogen) atoms. The van der Waals surface area contributed by atoms with Crippen LogP contribution in [0.5, 0.6) is 0 Å². The number of rotatable bonds is 2. The fourth-order valence-electron chi connectivity index (χ4n) is 0.761. The third kappa shape index (κ3) is 5.47. The zero-order valence-corrected chi connectivity index (χ0v) is 11.7. The Morgan fingerprint density at radius 3 is 2.17 bits per heavy atom. The fourth-order valence-corrected chi connectivity index (χ4v) is 1.16. The second-order valence-corrected chi connectivity index (χ2v) is 3.86. The molecule has 7 heteroatoms. The summed E-state index contributed by atoms with van der Waals surface area (Å²) in [7, 11) is 0. The van der Waals surface area contributed by atoms with Crippen LogP contribution in [-0.4, -0.2) is 11.1 Å². The zero-order valence-electron chi connectivity index (χ0n) is 10.1. The van der Waals surface area contributed by atoms with Crippen molar-refractivity contribution >= 4 is 21.9 Å². The average Bonchev–Trinajstić information content (AvgIpc) is 2.27. The number of carbonyl (C=O) groups is 1. The molecule has 96 valence electrons. The van der Waals surface area contributed by atoms with Crippen LogP contribution in [0, 0.1) is 24.4 Å². The number of hydrogen-bond donors (Lipinski definition) is 1. The SMILES string of the molecule is O=C(O)c1c(F)c(F)cc(Br)c1F.[CH2-]CCC.[Li+]. The second kappa shape index (κ2) is 9.48. The summed E-state index contributed by atoms with van der Waals surface area (Å²) in [6, 6.07) is 0.525. The quantitative estimate of drug-likeness (QED) is 0.505. The first-order valence-electron chi connectivity index (χ1n) is 4.72. The van der Waals surface area contributed by atoms with E-state index in [1.165, 1.54) is 6.42 Å². The molecule has 2 nitrogen and oxygen atoms in total. The van der Waals surface area contributed by atoms with Gasteiger partial charge in [0, 0.05) is 0 Å². The van der Waals surface area contributed by atoms with Crippen molar-refractivity contribution in [1.29, 1.82) is 0 Å². The summed E-state index contributed by atoms with van der Waals surface area (Å²) >= 11 is 2.55. The van der Waals surface area contributed by atoms with Crippen LogP contribution in [0.1, 0.15) is 30.1 Å². The molecule has 0 fully saturated rings. The van der Waals surface area contributed by atoms with Crippen molar-refractivity contribution in [3.8, 4) is 0 Å². The third-order valence-electron chi connectivity index (χ3n) is 1.68. The first kappa shape index (κ1) is 19.9. The average molecular weight is 319 g/mol. The predicted molar refractivity (Wildman–Crippen MR) is 61.2 cm³/mol. The van der Waals surface area contributed by atoms with E-state index in [9.17, 15) is 18.0 Å². The van der Waals surface area contributed by atoms with Crippen molar-refractivity contribution < 1.29 is 41.9 Å². The number of carboxylic acids is 1. The van der Waals surface area contributed by atoms with E-state index < -0.39 is 33.5 Å². The van der Waals surface area contributed by atoms with Crippen molar-refractivity contribution in [2.24, 2.45) is 0 Å². The molecule has 0 aliphatic carbocycles. The molecule has 0 aliphatic heterocycles. The molecule has 0 spiro atoms. The minimum absolute atomic E-state index is 0. The Kier molecular flexibility index (Phi) is 10.5. The van der Waals surface area contributed by atoms with Crippen LogP contribution in [0.2, 0.25) is 0 Å². The number of hydrogen-bond acceptors (Lipinski definition) is 1. The molecular formula is C11H11BrF3LiO2. The van der Waals surface area contributed by atoms with E-state index in [4.69, 9.17) is 5.11 Å². The number of halogens is 4. The normalized spacial score (nSPS) is 9.00. The standard InChI is InChI=1S/C7H2BrF3O2.C4H9.Li/c8-2-1-3(9)6(11)4(5(2)10)7(12)13;1-3-4-2;/h1H,(H,12,13);1,3-4H2,2H3;/q;-1;+1. The molecule has 0 aliphatic rings. The molecule has 0 unspecified atom stereocenters. The number of benzene rings is 1. The molecule has 1 rings (SSSR count). The number of unbranched alkanes of at least 4 members (excludes halogenated alkanes) is 1. The van der Waals surface area contributed by atoms with E-state index in [0.717, 1.165) is 6.42 Å². The van der Waals surface area contributed by atoms with E-state index in [0.29, 0.717) is 6.07 Å². The summed E-state index contributed by atoms with van der Waals surface area (Å²) in [5.74, 6) is -6.29. The topological polar surface area (TPSA) is 37.3 Å². The minimum atomic E-state index is -1.85. The van der Waals surface area contributed by atoms with E-state index in [1.807, 2.05) is 0 Å². The van der Waals surface area contributed by atoms with E-state index in [2.05, 4.69) is 29.8 Å². The van der Waals surface area contributed by atoms with Crippen molar-refractivity contribution in [1.82, 2.24) is 0 Å². The maximum absolute atomic E-state index is 12.9. The molecule has 1 N–H and O–H groups in total. The van der Waals surface area contributed by atoms with Crippen LogP contribution < -0.4 is 18.9 Å². The summed E-state index contributed by atoms with van der Waals surface area (Å²) in [6.45, 7) is 5.72. The van der Waals surface area contributed by atoms with Crippen molar-refractivity contribution in [3.05, 3.63) is 40.5 Å². The summed E-state index contributed by atoms with van der Waals surface area (Å²) in [5, 5.41) is 8.33. The Bertz CT molecular complexity index is 386. The molecular weight excluding hydrogens is 308 g/mol. The van der Waals surface area contributed by atoms with Gasteiger partial charge < -0.3 is 12.0 Å². The zero-order chi connectivity index (χ0) is 13.6. The molecule has 0 radical (unpaired) electrons. The maximum atomic E-state index is 12.9. The summed E-state index contributed by atoms with van der Waals surface area (Å²) in [5.41, 5.74) is -1.30. The first-order valence-corrected chi connectivity index (χ1v) is 5.51. The molecule has 0 aromatic heterocycles. The number of aromatic carboxylic acids is 1. The molecule has 0 saturated carbocycles. The van der Waals surface area contributed by atoms with Crippen molar-refractivity contribution in [3.63, 3.8) is 0 Å². The summed E-state index contributed by atoms with van der Waals surface area (Å²) < 4.78 is 37.7. The van der Waals surface area contributed by atoms with Gasteiger partial charge in [0.2, 0.25) is 0 Å². The molecule has 1 aromatic rings. The Morgan fingerprint density at radius 1 is 1.39 bits per heavy atom. The van der Waals surface area contributed by atoms with Crippen LogP contribution in [0.15, 0.2) is 10.5 Å². The Balaban J connectivity index is 0. The molecule has 0 saturated heterocycles. The van der Waals surface area contributed by atoms with Gasteiger partial charge in [-0.05, 0) is 22.0 Å². The van der Waals surface area contributed by atoms with Crippen LogP contribution >= 0.6 is 15.9 Å². The van der Waals surface area contributed by atoms with Gasteiger partial charge in [0.1, 0.15) is 5.56 Å². The Morgan fingerprint density at radius 2 is 1.83 bits per heavy atom. The van der Waals surface area contributed by atoms with Gasteiger partial charge in [-0.25, -0.2) is 18.0 Å². The van der Waals surface area contributed by atoms with Gasteiger partial charge in [0.25, 0.3) is 0 Å². The number of carboxylic acid groups (broad SMARTS) is 1. The van der Waals surface area contributed by atoms with Gasteiger partial charge in [-0.15, -0.1) is 0 Å². The second-order valence-electron chi connectivity index (χ2n) is 3.00. The minimum Gasteiger partial charge on any atom is -0.477 e. The smallest absolute Gasteiger partial charge is 0.477 e. The molecule has 1 aromatic carbocycles. The van der Waals surface area contributed by atoms with Gasteiger partial charge in [-0.3, -0.25) is 0 Å². The van der Waals surface area contributed by atoms with Gasteiger partial charge in [-0.2, -0.15) is 6.42 Å². The van der Waals surface area contributed by atoms with E-state index >= 15 is 0 Å². The van der Waals surface area contributed by atoms with Gasteiger partial charge >= 0.3 is 24.8 Å². The van der Waals surface area contributed by atoms with E-state index in [1.54, 1.807) is 0 Å². The van der Waals surface area contributed by atoms with Gasteiger partial charge in [0.05, 0.1) is 4.47 Å². The molecule has 0 bridgehead atoms. The Labute approximate surface area is 124 Å². The fraction of sp³-hybridized carbons (Fsp3) is 0.273. The van der Waals surface area contributed by atoms with Crippen LogP contribution in [0.25, 0.3) is 0 Å². The van der Waals surface area contributed by atoms with Gasteiger partial charge in [-0.1, -0.05) is 13.3 Å². The van der Waals surface area contributed by atoms with Crippen molar-refractivity contribution in [2.75, 3.05) is 0 Å². The van der Waals surface area contributed by atoms with Crippen molar-refractivity contribution in [2.45, 2.75) is 19.8 Å². The summed E-state index contributed by atoms with van der Waals surface area (Å²) in [6.07, 6.45) is 2.28. The molecule has 0 atom stereocenters. The Hall–Kier alpha value is -0.443. The summed E-state index contributed by atoms with van der Waals surface area (Å²) in [4.78, 5) is 10.3. The third-order valence-corrected chi connectivity index (χ3v) is 2.26. The predicted octanol–water partition coefficient (Wildman–Crippen LogP) is 1.19. The monoisotopic (exact) mass is 318 g/mol. The molecule has 0 amide bonds. The van der Waals surface area contributed by atoms with Crippen LogP contribution in [0.3, 0.4) is 0 Å². The van der Waals surface area contributed by atoms with E-state index in [-0.39, 0.29) is 18.9 Å². The maximum Gasteiger partial charge on any atom is 1.00 e. The van der Waals surface area contributed by atoms with Gasteiger partial charge in [0.15, 0.2) is 17.5 Å². The molecule has 0 heterocycles. The van der Waals surface area contributed by atoms with Crippen LogP contribution in [0.4, 0.5) is 13.2 Å². The van der Waals surface area contributed by atoms with Crippen LogP contribution in [-0.2, 0) is 0 Å². The largest absolute Gasteiger partial charge is 1.00 e. The first-order chi connectivity index (χ1) is 7.86.